The van der Waals surface area contributed by atoms with Crippen LogP contribution in [0, 0.1) is 6.92 Å². The van der Waals surface area contributed by atoms with Gasteiger partial charge < -0.3 is 18.9 Å². The van der Waals surface area contributed by atoms with E-state index in [1.807, 2.05) is 62.4 Å². The maximum absolute atomic E-state index is 12.2. The van der Waals surface area contributed by atoms with E-state index in [2.05, 4.69) is 0 Å². The number of hydrogen-bond donors (Lipinski definition) is 0. The number of rotatable bonds is 11. The van der Waals surface area contributed by atoms with Crippen molar-refractivity contribution in [3.05, 3.63) is 58.5 Å². The fraction of sp³-hybridized carbons (Fsp3) is 0.333. The standard InChI is InChI=1S/C24H27NO5S2/c1-4-28-21-15-18(16-22-23(26)25(3)24(31)32-22)9-10-20(21)30-14-12-27-11-13-29-19-8-6-5-7-17(19)2/h5-10,15-16H,4,11-14H2,1-3H3. The van der Waals surface area contributed by atoms with Gasteiger partial charge in [0.05, 0.1) is 24.7 Å². The minimum Gasteiger partial charge on any atom is -0.491 e. The van der Waals surface area contributed by atoms with Crippen molar-refractivity contribution < 1.29 is 23.7 Å². The highest BCUT2D eigenvalue weighted by Gasteiger charge is 2.28. The Bertz CT molecular complexity index is 992. The van der Waals surface area contributed by atoms with Crippen LogP contribution >= 0.6 is 24.0 Å². The first-order chi connectivity index (χ1) is 15.5. The average molecular weight is 474 g/mol. The molecule has 0 aliphatic carbocycles. The van der Waals surface area contributed by atoms with Gasteiger partial charge in [-0.3, -0.25) is 9.69 Å². The first-order valence-corrected chi connectivity index (χ1v) is 11.6. The topological polar surface area (TPSA) is 57.2 Å². The number of likely N-dealkylation sites (N-methyl/N-ethyl adjacent to an activating group) is 1. The summed E-state index contributed by atoms with van der Waals surface area (Å²) >= 11 is 6.47. The van der Waals surface area contributed by atoms with E-state index in [-0.39, 0.29) is 5.91 Å². The Morgan fingerprint density at radius 1 is 0.969 bits per heavy atom. The third kappa shape index (κ3) is 6.48. The van der Waals surface area contributed by atoms with Crippen molar-refractivity contribution >= 4 is 40.3 Å². The lowest BCUT2D eigenvalue weighted by atomic mass is 10.2. The summed E-state index contributed by atoms with van der Waals surface area (Å²) < 4.78 is 23.4. The molecule has 8 heteroatoms. The molecule has 0 radical (unpaired) electrons. The maximum Gasteiger partial charge on any atom is 0.265 e. The predicted octanol–water partition coefficient (Wildman–Crippen LogP) is 4.70. The SMILES string of the molecule is CCOc1cc(C=C2SC(=S)N(C)C2=O)ccc1OCCOCCOc1ccccc1C. The van der Waals surface area contributed by atoms with Crippen LogP contribution in [-0.4, -0.2) is 55.2 Å². The number of ether oxygens (including phenoxy) is 4. The number of para-hydroxylation sites is 1. The van der Waals surface area contributed by atoms with Crippen molar-refractivity contribution in [3.8, 4) is 17.2 Å². The molecule has 0 spiro atoms. The zero-order valence-corrected chi connectivity index (χ0v) is 20.1. The molecule has 0 aromatic heterocycles. The molecular weight excluding hydrogens is 446 g/mol. The highest BCUT2D eigenvalue weighted by molar-refractivity contribution is 8.26. The normalized spacial score (nSPS) is 14.8. The summed E-state index contributed by atoms with van der Waals surface area (Å²) in [4.78, 5) is 14.3. The molecule has 0 saturated carbocycles. The molecule has 2 aromatic carbocycles. The first kappa shape index (κ1) is 24.1. The van der Waals surface area contributed by atoms with Gasteiger partial charge in [-0.25, -0.2) is 0 Å². The molecule has 0 bridgehead atoms. The van der Waals surface area contributed by atoms with Gasteiger partial charge in [-0.1, -0.05) is 48.2 Å². The van der Waals surface area contributed by atoms with Crippen LogP contribution in [0.25, 0.3) is 6.08 Å². The number of thiocarbonyl (C=S) groups is 1. The summed E-state index contributed by atoms with van der Waals surface area (Å²) in [6.45, 7) is 6.21. The lowest BCUT2D eigenvalue weighted by Gasteiger charge is -2.13. The molecule has 1 heterocycles. The van der Waals surface area contributed by atoms with Crippen molar-refractivity contribution in [2.75, 3.05) is 40.1 Å². The lowest BCUT2D eigenvalue weighted by molar-refractivity contribution is -0.121. The van der Waals surface area contributed by atoms with E-state index < -0.39 is 0 Å². The Hall–Kier alpha value is -2.55. The Morgan fingerprint density at radius 2 is 1.69 bits per heavy atom. The molecule has 1 saturated heterocycles. The molecule has 0 atom stereocenters. The number of carbonyl (C=O) groups is 1. The summed E-state index contributed by atoms with van der Waals surface area (Å²) in [7, 11) is 1.68. The summed E-state index contributed by atoms with van der Waals surface area (Å²) in [6.07, 6.45) is 1.81. The second kappa shape index (κ2) is 11.9. The van der Waals surface area contributed by atoms with E-state index in [0.717, 1.165) is 16.9 Å². The van der Waals surface area contributed by atoms with Gasteiger partial charge in [0.2, 0.25) is 0 Å². The van der Waals surface area contributed by atoms with Gasteiger partial charge in [0, 0.05) is 7.05 Å². The van der Waals surface area contributed by atoms with Crippen molar-refractivity contribution in [2.45, 2.75) is 13.8 Å². The van der Waals surface area contributed by atoms with Crippen LogP contribution in [0.5, 0.6) is 17.2 Å². The molecule has 170 valence electrons. The van der Waals surface area contributed by atoms with Crippen molar-refractivity contribution in [3.63, 3.8) is 0 Å². The molecule has 1 amide bonds. The fourth-order valence-electron chi connectivity index (χ4n) is 2.94. The van der Waals surface area contributed by atoms with Gasteiger partial charge in [0.15, 0.2) is 11.5 Å². The molecule has 1 aliphatic heterocycles. The molecule has 3 rings (SSSR count). The number of aryl methyl sites for hydroxylation is 1. The third-order valence-corrected chi connectivity index (χ3v) is 6.10. The van der Waals surface area contributed by atoms with Gasteiger partial charge in [0.1, 0.15) is 23.3 Å². The smallest absolute Gasteiger partial charge is 0.265 e. The summed E-state index contributed by atoms with van der Waals surface area (Å²) in [5, 5.41) is 0. The largest absolute Gasteiger partial charge is 0.491 e. The second-order valence-electron chi connectivity index (χ2n) is 6.95. The number of carbonyl (C=O) groups excluding carboxylic acids is 1. The van der Waals surface area contributed by atoms with Crippen LogP contribution in [0.1, 0.15) is 18.1 Å². The minimum atomic E-state index is -0.0955. The Kier molecular flexibility index (Phi) is 8.96. The highest BCUT2D eigenvalue weighted by Crippen LogP contribution is 2.34. The summed E-state index contributed by atoms with van der Waals surface area (Å²) in [5.41, 5.74) is 1.95. The Labute approximate surface area is 198 Å². The van der Waals surface area contributed by atoms with Gasteiger partial charge >= 0.3 is 0 Å². The number of thioether (sulfide) groups is 1. The molecule has 1 fully saturated rings. The van der Waals surface area contributed by atoms with Crippen LogP contribution in [0.3, 0.4) is 0 Å². The lowest BCUT2D eigenvalue weighted by Crippen LogP contribution is -2.22. The van der Waals surface area contributed by atoms with E-state index >= 15 is 0 Å². The number of hydrogen-bond acceptors (Lipinski definition) is 7. The van der Waals surface area contributed by atoms with Crippen molar-refractivity contribution in [1.82, 2.24) is 4.90 Å². The molecule has 1 aliphatic rings. The quantitative estimate of drug-likeness (QED) is 0.266. The van der Waals surface area contributed by atoms with Crippen molar-refractivity contribution in [1.29, 1.82) is 0 Å². The molecular formula is C24H27NO5S2. The summed E-state index contributed by atoms with van der Waals surface area (Å²) in [5.74, 6) is 2.03. The first-order valence-electron chi connectivity index (χ1n) is 10.4. The molecule has 2 aromatic rings. The minimum absolute atomic E-state index is 0.0955. The number of amides is 1. The highest BCUT2D eigenvalue weighted by atomic mass is 32.2. The van der Waals surface area contributed by atoms with E-state index in [1.54, 1.807) is 7.05 Å². The van der Waals surface area contributed by atoms with E-state index in [1.165, 1.54) is 16.7 Å². The van der Waals surface area contributed by atoms with Crippen molar-refractivity contribution in [2.24, 2.45) is 0 Å². The molecule has 6 nitrogen and oxygen atoms in total. The monoisotopic (exact) mass is 473 g/mol. The number of benzene rings is 2. The fourth-order valence-corrected chi connectivity index (χ4v) is 4.12. The van der Waals surface area contributed by atoms with Gasteiger partial charge in [0.25, 0.3) is 5.91 Å². The van der Waals surface area contributed by atoms with Crippen LogP contribution in [0.4, 0.5) is 0 Å². The molecule has 0 unspecified atom stereocenters. The second-order valence-corrected chi connectivity index (χ2v) is 8.63. The van der Waals surface area contributed by atoms with Gasteiger partial charge in [-0.15, -0.1) is 0 Å². The number of nitrogens with zero attached hydrogens (tertiary/aromatic N) is 1. The van der Waals surface area contributed by atoms with Crippen LogP contribution in [0.2, 0.25) is 0 Å². The Balaban J connectivity index is 1.48. The Morgan fingerprint density at radius 3 is 2.34 bits per heavy atom. The van der Waals surface area contributed by atoms with E-state index in [0.29, 0.717) is 53.8 Å². The van der Waals surface area contributed by atoms with Crippen LogP contribution in [0.15, 0.2) is 47.4 Å². The maximum atomic E-state index is 12.2. The van der Waals surface area contributed by atoms with Crippen LogP contribution in [-0.2, 0) is 9.53 Å². The van der Waals surface area contributed by atoms with E-state index in [9.17, 15) is 4.79 Å². The summed E-state index contributed by atoms with van der Waals surface area (Å²) in [6, 6.07) is 13.5. The predicted molar refractivity (Wildman–Crippen MR) is 132 cm³/mol. The van der Waals surface area contributed by atoms with Gasteiger partial charge in [-0.2, -0.15) is 0 Å². The van der Waals surface area contributed by atoms with E-state index in [4.69, 9.17) is 31.2 Å². The third-order valence-electron chi connectivity index (χ3n) is 4.62. The zero-order chi connectivity index (χ0) is 22.9. The van der Waals surface area contributed by atoms with Gasteiger partial charge in [-0.05, 0) is 49.2 Å². The average Bonchev–Trinajstić information content (AvgIpc) is 3.02. The zero-order valence-electron chi connectivity index (χ0n) is 18.5. The van der Waals surface area contributed by atoms with Crippen LogP contribution < -0.4 is 14.2 Å². The molecule has 32 heavy (non-hydrogen) atoms. The molecule has 0 N–H and O–H groups in total.